The highest BCUT2D eigenvalue weighted by Gasteiger charge is 2.21. The fourth-order valence-electron chi connectivity index (χ4n) is 2.71. The van der Waals surface area contributed by atoms with Gasteiger partial charge in [-0.05, 0) is 71.5 Å². The van der Waals surface area contributed by atoms with Gasteiger partial charge in [-0.3, -0.25) is 19.9 Å². The SMILES string of the molecule is Cc1cc(I)ccc1Nc1ccc([N+](=O)[O-])cc1C(=O)N(C)c1ccncc1. The van der Waals surface area contributed by atoms with E-state index in [1.54, 1.807) is 37.6 Å². The van der Waals surface area contributed by atoms with Crippen molar-refractivity contribution in [1.82, 2.24) is 4.98 Å². The monoisotopic (exact) mass is 488 g/mol. The average molecular weight is 488 g/mol. The largest absolute Gasteiger partial charge is 0.355 e. The minimum absolute atomic E-state index is 0.142. The van der Waals surface area contributed by atoms with E-state index in [0.717, 1.165) is 14.8 Å². The van der Waals surface area contributed by atoms with Crippen molar-refractivity contribution in [3.63, 3.8) is 0 Å². The molecule has 0 radical (unpaired) electrons. The topological polar surface area (TPSA) is 88.4 Å². The van der Waals surface area contributed by atoms with Crippen LogP contribution in [-0.4, -0.2) is 22.9 Å². The van der Waals surface area contributed by atoms with E-state index in [1.807, 2.05) is 25.1 Å². The molecule has 0 saturated carbocycles. The van der Waals surface area contributed by atoms with Gasteiger partial charge in [0.05, 0.1) is 16.2 Å². The van der Waals surface area contributed by atoms with Gasteiger partial charge in [-0.1, -0.05) is 0 Å². The number of rotatable bonds is 5. The third-order valence-corrected chi connectivity index (χ3v) is 4.93. The molecule has 142 valence electrons. The molecule has 7 nitrogen and oxygen atoms in total. The van der Waals surface area contributed by atoms with Gasteiger partial charge < -0.3 is 10.2 Å². The quantitative estimate of drug-likeness (QED) is 0.313. The van der Waals surface area contributed by atoms with E-state index >= 15 is 0 Å². The second-order valence-electron chi connectivity index (χ2n) is 6.14. The smallest absolute Gasteiger partial charge is 0.270 e. The van der Waals surface area contributed by atoms with Gasteiger partial charge in [-0.15, -0.1) is 0 Å². The predicted octanol–water partition coefficient (Wildman–Crippen LogP) is 4.92. The van der Waals surface area contributed by atoms with Crippen molar-refractivity contribution >= 4 is 51.2 Å². The first kappa shape index (κ1) is 19.7. The minimum atomic E-state index is -0.511. The number of aromatic nitrogens is 1. The molecule has 1 N–H and O–H groups in total. The summed E-state index contributed by atoms with van der Waals surface area (Å²) in [6.07, 6.45) is 3.17. The van der Waals surface area contributed by atoms with Crippen molar-refractivity contribution in [2.45, 2.75) is 6.92 Å². The van der Waals surface area contributed by atoms with E-state index in [0.29, 0.717) is 11.4 Å². The summed E-state index contributed by atoms with van der Waals surface area (Å²) in [5, 5.41) is 14.5. The number of nitrogens with one attached hydrogen (secondary N) is 1. The van der Waals surface area contributed by atoms with Gasteiger partial charge in [0.25, 0.3) is 11.6 Å². The molecule has 0 aliphatic heterocycles. The minimum Gasteiger partial charge on any atom is -0.355 e. The maximum Gasteiger partial charge on any atom is 0.270 e. The number of carbonyl (C=O) groups excluding carboxylic acids is 1. The van der Waals surface area contributed by atoms with Gasteiger partial charge in [0.2, 0.25) is 0 Å². The van der Waals surface area contributed by atoms with Crippen LogP contribution in [0.5, 0.6) is 0 Å². The van der Waals surface area contributed by atoms with E-state index < -0.39 is 4.92 Å². The van der Waals surface area contributed by atoms with Crippen LogP contribution in [0.2, 0.25) is 0 Å². The van der Waals surface area contributed by atoms with E-state index in [2.05, 4.69) is 32.9 Å². The summed E-state index contributed by atoms with van der Waals surface area (Å²) in [5.74, 6) is -0.361. The fraction of sp³-hybridized carbons (Fsp3) is 0.100. The molecule has 3 rings (SSSR count). The first-order valence-electron chi connectivity index (χ1n) is 8.36. The van der Waals surface area contributed by atoms with Crippen LogP contribution >= 0.6 is 22.6 Å². The average Bonchev–Trinajstić information content (AvgIpc) is 2.69. The van der Waals surface area contributed by atoms with Crippen LogP contribution in [0.1, 0.15) is 15.9 Å². The first-order valence-corrected chi connectivity index (χ1v) is 9.44. The highest BCUT2D eigenvalue weighted by atomic mass is 127. The molecule has 0 spiro atoms. The van der Waals surface area contributed by atoms with Crippen LogP contribution in [0, 0.1) is 20.6 Å². The molecule has 0 atom stereocenters. The van der Waals surface area contributed by atoms with Crippen LogP contribution in [0.4, 0.5) is 22.7 Å². The summed E-state index contributed by atoms with van der Waals surface area (Å²) in [4.78, 5) is 29.2. The molecule has 0 fully saturated rings. The number of nitrogens with zero attached hydrogens (tertiary/aromatic N) is 3. The third kappa shape index (κ3) is 4.28. The molecule has 3 aromatic rings. The summed E-state index contributed by atoms with van der Waals surface area (Å²) in [6.45, 7) is 1.96. The lowest BCUT2D eigenvalue weighted by Gasteiger charge is -2.20. The Bertz CT molecular complexity index is 1040. The number of pyridine rings is 1. The molecule has 1 heterocycles. The second-order valence-corrected chi connectivity index (χ2v) is 7.39. The zero-order chi connectivity index (χ0) is 20.3. The number of nitro benzene ring substituents is 1. The lowest BCUT2D eigenvalue weighted by atomic mass is 10.1. The van der Waals surface area contributed by atoms with Gasteiger partial charge >= 0.3 is 0 Å². The Labute approximate surface area is 175 Å². The molecule has 1 amide bonds. The number of carbonyl (C=O) groups is 1. The molecule has 0 aliphatic rings. The molecule has 0 saturated heterocycles. The Hall–Kier alpha value is -3.01. The second kappa shape index (κ2) is 8.34. The Morgan fingerprint density at radius 3 is 2.43 bits per heavy atom. The normalized spacial score (nSPS) is 10.4. The summed E-state index contributed by atoms with van der Waals surface area (Å²) >= 11 is 2.23. The molecule has 0 bridgehead atoms. The number of non-ortho nitro benzene ring substituents is 1. The van der Waals surface area contributed by atoms with Crippen LogP contribution in [0.3, 0.4) is 0 Å². The van der Waals surface area contributed by atoms with E-state index in [4.69, 9.17) is 0 Å². The van der Waals surface area contributed by atoms with Crippen molar-refractivity contribution in [3.05, 3.63) is 85.7 Å². The van der Waals surface area contributed by atoms with E-state index in [-0.39, 0.29) is 17.2 Å². The molecule has 0 unspecified atom stereocenters. The van der Waals surface area contributed by atoms with Crippen LogP contribution in [0.25, 0.3) is 0 Å². The highest BCUT2D eigenvalue weighted by Crippen LogP contribution is 2.29. The Balaban J connectivity index is 2.03. The van der Waals surface area contributed by atoms with Crippen LogP contribution in [-0.2, 0) is 0 Å². The lowest BCUT2D eigenvalue weighted by Crippen LogP contribution is -2.27. The number of halogens is 1. The summed E-state index contributed by atoms with van der Waals surface area (Å²) < 4.78 is 1.10. The zero-order valence-corrected chi connectivity index (χ0v) is 17.4. The fourth-order valence-corrected chi connectivity index (χ4v) is 3.36. The van der Waals surface area contributed by atoms with Crippen LogP contribution < -0.4 is 10.2 Å². The number of benzene rings is 2. The Morgan fingerprint density at radius 1 is 1.11 bits per heavy atom. The number of nitro groups is 1. The Kier molecular flexibility index (Phi) is 5.88. The molecule has 28 heavy (non-hydrogen) atoms. The Morgan fingerprint density at radius 2 is 1.79 bits per heavy atom. The number of anilines is 3. The van der Waals surface area contributed by atoms with Gasteiger partial charge in [0.1, 0.15) is 0 Å². The van der Waals surface area contributed by atoms with Crippen molar-refractivity contribution in [2.24, 2.45) is 0 Å². The number of hydrogen-bond acceptors (Lipinski definition) is 5. The zero-order valence-electron chi connectivity index (χ0n) is 15.2. The standard InChI is InChI=1S/C20H17IN4O3/c1-13-11-14(21)3-5-18(13)23-19-6-4-16(25(27)28)12-17(19)20(26)24(2)15-7-9-22-10-8-15/h3-12,23H,1-2H3. The van der Waals surface area contributed by atoms with Gasteiger partial charge in [0.15, 0.2) is 0 Å². The van der Waals surface area contributed by atoms with Crippen molar-refractivity contribution in [1.29, 1.82) is 0 Å². The molecule has 8 heteroatoms. The molecular weight excluding hydrogens is 471 g/mol. The van der Waals surface area contributed by atoms with Gasteiger partial charge in [-0.25, -0.2) is 0 Å². The third-order valence-electron chi connectivity index (χ3n) is 4.26. The molecule has 1 aromatic heterocycles. The first-order chi connectivity index (χ1) is 13.4. The summed E-state index contributed by atoms with van der Waals surface area (Å²) in [6, 6.07) is 13.5. The highest BCUT2D eigenvalue weighted by molar-refractivity contribution is 14.1. The van der Waals surface area contributed by atoms with Crippen molar-refractivity contribution < 1.29 is 9.72 Å². The lowest BCUT2D eigenvalue weighted by molar-refractivity contribution is -0.384. The van der Waals surface area contributed by atoms with Gasteiger partial charge in [0, 0.05) is 46.5 Å². The van der Waals surface area contributed by atoms with Crippen molar-refractivity contribution in [3.8, 4) is 0 Å². The molecule has 0 aliphatic carbocycles. The van der Waals surface area contributed by atoms with Crippen molar-refractivity contribution in [2.75, 3.05) is 17.3 Å². The number of aryl methyl sites for hydroxylation is 1. The maximum atomic E-state index is 13.1. The van der Waals surface area contributed by atoms with Gasteiger partial charge in [-0.2, -0.15) is 0 Å². The van der Waals surface area contributed by atoms with Crippen LogP contribution in [0.15, 0.2) is 60.9 Å². The predicted molar refractivity (Wildman–Crippen MR) is 117 cm³/mol. The maximum absolute atomic E-state index is 13.1. The summed E-state index contributed by atoms with van der Waals surface area (Å²) in [5.41, 5.74) is 3.05. The number of hydrogen-bond donors (Lipinski definition) is 1. The van der Waals surface area contributed by atoms with E-state index in [9.17, 15) is 14.9 Å². The number of amides is 1. The molecule has 2 aromatic carbocycles. The van der Waals surface area contributed by atoms with E-state index in [1.165, 1.54) is 17.0 Å². The molecular formula is C20H17IN4O3. The summed E-state index contributed by atoms with van der Waals surface area (Å²) in [7, 11) is 1.62.